The molecule has 1 saturated heterocycles. The Balaban J connectivity index is 2.06. The molecule has 22 heavy (non-hydrogen) atoms. The number of nitrogens with one attached hydrogen (secondary N) is 2. The fourth-order valence-corrected chi connectivity index (χ4v) is 2.96. The molecule has 0 amide bonds. The molecule has 1 aliphatic heterocycles. The second-order valence-electron chi connectivity index (χ2n) is 6.42. The molecule has 1 fully saturated rings. The van der Waals surface area contributed by atoms with Crippen LogP contribution in [0.15, 0.2) is 29.3 Å². The van der Waals surface area contributed by atoms with Crippen molar-refractivity contribution >= 4 is 5.96 Å². The van der Waals surface area contributed by atoms with Gasteiger partial charge in [0.1, 0.15) is 0 Å². The maximum atomic E-state index is 4.31. The van der Waals surface area contributed by atoms with E-state index in [1.54, 1.807) is 0 Å². The van der Waals surface area contributed by atoms with Gasteiger partial charge in [-0.3, -0.25) is 9.89 Å². The van der Waals surface area contributed by atoms with E-state index in [2.05, 4.69) is 65.6 Å². The van der Waals surface area contributed by atoms with Gasteiger partial charge in [0.05, 0.1) is 6.04 Å². The lowest BCUT2D eigenvalue weighted by Gasteiger charge is -2.29. The highest BCUT2D eigenvalue weighted by Gasteiger charge is 2.23. The molecular formula is C18H30N4. The van der Waals surface area contributed by atoms with Crippen LogP contribution in [0.3, 0.4) is 0 Å². The molecule has 0 bridgehead atoms. The smallest absolute Gasteiger partial charge is 0.191 e. The second kappa shape index (κ2) is 8.18. The third-order valence-electron chi connectivity index (χ3n) is 4.16. The summed E-state index contributed by atoms with van der Waals surface area (Å²) in [4.78, 5) is 6.89. The number of nitrogens with zero attached hydrogens (tertiary/aromatic N) is 2. The molecule has 1 heterocycles. The number of hydrogen-bond donors (Lipinski definition) is 2. The summed E-state index contributed by atoms with van der Waals surface area (Å²) in [5.41, 5.74) is 2.70. The number of rotatable bonds is 5. The van der Waals surface area contributed by atoms with E-state index in [1.165, 1.54) is 37.1 Å². The Morgan fingerprint density at radius 3 is 2.36 bits per heavy atom. The standard InChI is InChI=1S/C18H30N4/c1-14(2)21-18(19-4)20-13-17(22-11-5-6-12-22)16-9-7-15(3)8-10-16/h7-10,14,17H,5-6,11-13H2,1-4H3,(H2,19,20,21). The van der Waals surface area contributed by atoms with Crippen LogP contribution in [0.4, 0.5) is 0 Å². The number of hydrogen-bond acceptors (Lipinski definition) is 2. The van der Waals surface area contributed by atoms with Gasteiger partial charge < -0.3 is 10.6 Å². The van der Waals surface area contributed by atoms with Crippen molar-refractivity contribution < 1.29 is 0 Å². The Labute approximate surface area is 135 Å². The van der Waals surface area contributed by atoms with Crippen LogP contribution in [0.5, 0.6) is 0 Å². The normalized spacial score (nSPS) is 17.8. The molecule has 2 N–H and O–H groups in total. The average Bonchev–Trinajstić information content (AvgIpc) is 3.01. The molecule has 0 radical (unpaired) electrons. The molecule has 1 unspecified atom stereocenters. The Morgan fingerprint density at radius 2 is 1.82 bits per heavy atom. The van der Waals surface area contributed by atoms with Crippen molar-refractivity contribution in [2.75, 3.05) is 26.7 Å². The molecule has 1 atom stereocenters. The van der Waals surface area contributed by atoms with Gasteiger partial charge in [-0.2, -0.15) is 0 Å². The van der Waals surface area contributed by atoms with Crippen molar-refractivity contribution in [1.29, 1.82) is 0 Å². The minimum absolute atomic E-state index is 0.385. The van der Waals surface area contributed by atoms with Crippen LogP contribution in [-0.4, -0.2) is 43.6 Å². The van der Waals surface area contributed by atoms with Crippen LogP contribution in [0.25, 0.3) is 0 Å². The van der Waals surface area contributed by atoms with Crippen molar-refractivity contribution in [3.63, 3.8) is 0 Å². The molecule has 1 aromatic rings. The zero-order valence-electron chi connectivity index (χ0n) is 14.4. The fourth-order valence-electron chi connectivity index (χ4n) is 2.96. The van der Waals surface area contributed by atoms with Crippen molar-refractivity contribution in [3.8, 4) is 0 Å². The molecule has 2 rings (SSSR count). The number of guanidine groups is 1. The highest BCUT2D eigenvalue weighted by molar-refractivity contribution is 5.79. The molecule has 122 valence electrons. The minimum Gasteiger partial charge on any atom is -0.354 e. The fraction of sp³-hybridized carbons (Fsp3) is 0.611. The van der Waals surface area contributed by atoms with Crippen LogP contribution in [-0.2, 0) is 0 Å². The second-order valence-corrected chi connectivity index (χ2v) is 6.42. The van der Waals surface area contributed by atoms with Gasteiger partial charge in [-0.05, 0) is 52.3 Å². The van der Waals surface area contributed by atoms with Gasteiger partial charge in [0.15, 0.2) is 5.96 Å². The van der Waals surface area contributed by atoms with E-state index in [1.807, 2.05) is 7.05 Å². The number of aryl methyl sites for hydroxylation is 1. The first-order valence-corrected chi connectivity index (χ1v) is 8.38. The first-order chi connectivity index (χ1) is 10.6. The van der Waals surface area contributed by atoms with Gasteiger partial charge in [-0.25, -0.2) is 0 Å². The molecule has 1 aromatic carbocycles. The molecule has 4 nitrogen and oxygen atoms in total. The van der Waals surface area contributed by atoms with E-state index in [-0.39, 0.29) is 0 Å². The maximum Gasteiger partial charge on any atom is 0.191 e. The zero-order chi connectivity index (χ0) is 15.9. The van der Waals surface area contributed by atoms with E-state index in [0.29, 0.717) is 12.1 Å². The molecule has 1 aliphatic rings. The molecule has 0 aliphatic carbocycles. The predicted octanol–water partition coefficient (Wildman–Crippen LogP) is 2.71. The quantitative estimate of drug-likeness (QED) is 0.649. The largest absolute Gasteiger partial charge is 0.354 e. The molecular weight excluding hydrogens is 272 g/mol. The maximum absolute atomic E-state index is 4.31. The molecule has 0 saturated carbocycles. The van der Waals surface area contributed by atoms with Crippen LogP contribution in [0, 0.1) is 6.92 Å². The van der Waals surface area contributed by atoms with E-state index >= 15 is 0 Å². The number of likely N-dealkylation sites (tertiary alicyclic amines) is 1. The lowest BCUT2D eigenvalue weighted by atomic mass is 10.0. The van der Waals surface area contributed by atoms with Crippen molar-refractivity contribution in [1.82, 2.24) is 15.5 Å². The molecule has 4 heteroatoms. The van der Waals surface area contributed by atoms with Gasteiger partial charge in [-0.1, -0.05) is 29.8 Å². The summed E-state index contributed by atoms with van der Waals surface area (Å²) in [6, 6.07) is 9.74. The summed E-state index contributed by atoms with van der Waals surface area (Å²) in [6.07, 6.45) is 2.61. The van der Waals surface area contributed by atoms with Gasteiger partial charge >= 0.3 is 0 Å². The predicted molar refractivity (Wildman–Crippen MR) is 94.4 cm³/mol. The third-order valence-corrected chi connectivity index (χ3v) is 4.16. The lowest BCUT2D eigenvalue weighted by molar-refractivity contribution is 0.245. The van der Waals surface area contributed by atoms with Gasteiger partial charge in [0.25, 0.3) is 0 Å². The van der Waals surface area contributed by atoms with Crippen molar-refractivity contribution in [2.45, 2.75) is 45.7 Å². The summed E-state index contributed by atoms with van der Waals surface area (Å²) in [6.45, 7) is 9.67. The van der Waals surface area contributed by atoms with Crippen LogP contribution < -0.4 is 10.6 Å². The Morgan fingerprint density at radius 1 is 1.18 bits per heavy atom. The van der Waals surface area contributed by atoms with E-state index in [9.17, 15) is 0 Å². The Bertz CT molecular complexity index is 472. The summed E-state index contributed by atoms with van der Waals surface area (Å²) < 4.78 is 0. The van der Waals surface area contributed by atoms with Crippen LogP contribution in [0.2, 0.25) is 0 Å². The highest BCUT2D eigenvalue weighted by Crippen LogP contribution is 2.24. The van der Waals surface area contributed by atoms with Crippen molar-refractivity contribution in [2.24, 2.45) is 4.99 Å². The van der Waals surface area contributed by atoms with E-state index in [4.69, 9.17) is 0 Å². The first kappa shape index (κ1) is 16.8. The van der Waals surface area contributed by atoms with E-state index in [0.717, 1.165) is 12.5 Å². The topological polar surface area (TPSA) is 39.7 Å². The summed E-state index contributed by atoms with van der Waals surface area (Å²) in [7, 11) is 1.83. The van der Waals surface area contributed by atoms with Crippen molar-refractivity contribution in [3.05, 3.63) is 35.4 Å². The number of benzene rings is 1. The van der Waals surface area contributed by atoms with Gasteiger partial charge in [0, 0.05) is 19.6 Å². The SMILES string of the molecule is CN=C(NCC(c1ccc(C)cc1)N1CCCC1)NC(C)C. The summed E-state index contributed by atoms with van der Waals surface area (Å²) >= 11 is 0. The van der Waals surface area contributed by atoms with Crippen LogP contribution >= 0.6 is 0 Å². The molecule has 0 aromatic heterocycles. The van der Waals surface area contributed by atoms with Crippen LogP contribution in [0.1, 0.15) is 43.9 Å². The third kappa shape index (κ3) is 4.73. The van der Waals surface area contributed by atoms with Gasteiger partial charge in [0.2, 0.25) is 0 Å². The zero-order valence-corrected chi connectivity index (χ0v) is 14.4. The number of aliphatic imine (C=N–C) groups is 1. The lowest BCUT2D eigenvalue weighted by Crippen LogP contribution is -2.44. The molecule has 0 spiro atoms. The van der Waals surface area contributed by atoms with Gasteiger partial charge in [-0.15, -0.1) is 0 Å². The summed E-state index contributed by atoms with van der Waals surface area (Å²) in [5.74, 6) is 0.881. The Hall–Kier alpha value is -1.55. The minimum atomic E-state index is 0.385. The van der Waals surface area contributed by atoms with E-state index < -0.39 is 0 Å². The Kier molecular flexibility index (Phi) is 6.25. The average molecular weight is 302 g/mol. The monoisotopic (exact) mass is 302 g/mol. The first-order valence-electron chi connectivity index (χ1n) is 8.38. The summed E-state index contributed by atoms with van der Waals surface area (Å²) in [5, 5.41) is 6.84. The highest BCUT2D eigenvalue weighted by atomic mass is 15.2.